The van der Waals surface area contributed by atoms with Crippen molar-refractivity contribution in [1.29, 1.82) is 0 Å². The minimum Gasteiger partial charge on any atom is -0.356 e. The number of hydrogen-bond acceptors (Lipinski definition) is 2. The molecule has 1 rings (SSSR count). The Balaban J connectivity index is 2.02. The maximum Gasteiger partial charge on any atom is 0.220 e. The molecule has 1 saturated heterocycles. The number of amides is 1. The second-order valence-corrected chi connectivity index (χ2v) is 4.71. The van der Waals surface area contributed by atoms with E-state index in [1.165, 1.54) is 6.42 Å². The monoisotopic (exact) mass is 212 g/mol. The molecule has 3 heteroatoms. The second-order valence-electron chi connectivity index (χ2n) is 4.71. The molecule has 1 aliphatic heterocycles. The molecule has 1 heterocycles. The van der Waals surface area contributed by atoms with Gasteiger partial charge in [0.05, 0.1) is 0 Å². The Morgan fingerprint density at radius 2 is 2.40 bits per heavy atom. The lowest BCUT2D eigenvalue weighted by Gasteiger charge is -2.11. The average Bonchev–Trinajstić information content (AvgIpc) is 2.75. The SMILES string of the molecule is CCC(C)CNC(=O)CCC1CCNC1. The van der Waals surface area contributed by atoms with E-state index in [0.717, 1.165) is 38.4 Å². The van der Waals surface area contributed by atoms with Gasteiger partial charge in [-0.15, -0.1) is 0 Å². The smallest absolute Gasteiger partial charge is 0.220 e. The van der Waals surface area contributed by atoms with Crippen molar-refractivity contribution in [2.75, 3.05) is 19.6 Å². The van der Waals surface area contributed by atoms with Crippen LogP contribution in [0, 0.1) is 11.8 Å². The van der Waals surface area contributed by atoms with Gasteiger partial charge in [0.25, 0.3) is 0 Å². The van der Waals surface area contributed by atoms with Crippen molar-refractivity contribution in [3.63, 3.8) is 0 Å². The predicted octanol–water partition coefficient (Wildman–Crippen LogP) is 1.54. The van der Waals surface area contributed by atoms with Gasteiger partial charge in [0.1, 0.15) is 0 Å². The molecule has 0 aliphatic carbocycles. The van der Waals surface area contributed by atoms with Crippen LogP contribution in [0.5, 0.6) is 0 Å². The molecular formula is C12H24N2O. The predicted molar refractivity (Wildman–Crippen MR) is 62.7 cm³/mol. The summed E-state index contributed by atoms with van der Waals surface area (Å²) in [6.45, 7) is 7.37. The topological polar surface area (TPSA) is 41.1 Å². The highest BCUT2D eigenvalue weighted by Gasteiger charge is 2.15. The Morgan fingerprint density at radius 3 is 3.00 bits per heavy atom. The van der Waals surface area contributed by atoms with Crippen molar-refractivity contribution in [3.8, 4) is 0 Å². The third-order valence-corrected chi connectivity index (χ3v) is 3.29. The zero-order chi connectivity index (χ0) is 11.1. The molecule has 88 valence electrons. The van der Waals surface area contributed by atoms with Crippen LogP contribution < -0.4 is 10.6 Å². The highest BCUT2D eigenvalue weighted by atomic mass is 16.1. The molecule has 0 saturated carbocycles. The Labute approximate surface area is 93.0 Å². The van der Waals surface area contributed by atoms with E-state index in [1.54, 1.807) is 0 Å². The maximum atomic E-state index is 11.5. The molecule has 2 N–H and O–H groups in total. The lowest BCUT2D eigenvalue weighted by Crippen LogP contribution is -2.28. The molecule has 3 nitrogen and oxygen atoms in total. The van der Waals surface area contributed by atoms with Crippen LogP contribution in [0.15, 0.2) is 0 Å². The molecule has 0 spiro atoms. The maximum absolute atomic E-state index is 11.5. The van der Waals surface area contributed by atoms with Gasteiger partial charge in [-0.1, -0.05) is 20.3 Å². The molecule has 0 bridgehead atoms. The summed E-state index contributed by atoms with van der Waals surface area (Å²) in [5, 5.41) is 6.32. The number of carbonyl (C=O) groups excluding carboxylic acids is 1. The minimum absolute atomic E-state index is 0.224. The fourth-order valence-corrected chi connectivity index (χ4v) is 1.82. The summed E-state index contributed by atoms with van der Waals surface area (Å²) in [6, 6.07) is 0. The van der Waals surface area contributed by atoms with Gasteiger partial charge in [-0.3, -0.25) is 4.79 Å². The number of hydrogen-bond donors (Lipinski definition) is 2. The van der Waals surface area contributed by atoms with E-state index < -0.39 is 0 Å². The molecule has 0 radical (unpaired) electrons. The van der Waals surface area contributed by atoms with E-state index in [0.29, 0.717) is 12.3 Å². The van der Waals surface area contributed by atoms with E-state index in [1.807, 2.05) is 0 Å². The molecule has 2 unspecified atom stereocenters. The van der Waals surface area contributed by atoms with Crippen LogP contribution >= 0.6 is 0 Å². The average molecular weight is 212 g/mol. The number of carbonyl (C=O) groups is 1. The molecule has 0 aromatic heterocycles. The van der Waals surface area contributed by atoms with Gasteiger partial charge in [-0.2, -0.15) is 0 Å². The molecule has 1 aliphatic rings. The van der Waals surface area contributed by atoms with Crippen LogP contribution in [0.4, 0.5) is 0 Å². The van der Waals surface area contributed by atoms with Gasteiger partial charge >= 0.3 is 0 Å². The summed E-state index contributed by atoms with van der Waals surface area (Å²) in [4.78, 5) is 11.5. The van der Waals surface area contributed by atoms with Crippen molar-refractivity contribution in [2.45, 2.75) is 39.5 Å². The lowest BCUT2D eigenvalue weighted by atomic mass is 10.0. The first kappa shape index (κ1) is 12.5. The van der Waals surface area contributed by atoms with Crippen LogP contribution in [-0.4, -0.2) is 25.5 Å². The molecule has 1 fully saturated rings. The highest BCUT2D eigenvalue weighted by molar-refractivity contribution is 5.75. The van der Waals surface area contributed by atoms with E-state index in [9.17, 15) is 4.79 Å². The van der Waals surface area contributed by atoms with E-state index in [2.05, 4.69) is 24.5 Å². The van der Waals surface area contributed by atoms with Gasteiger partial charge < -0.3 is 10.6 Å². The van der Waals surface area contributed by atoms with Gasteiger partial charge in [0.2, 0.25) is 5.91 Å². The summed E-state index contributed by atoms with van der Waals surface area (Å²) in [7, 11) is 0. The van der Waals surface area contributed by atoms with Gasteiger partial charge in [0, 0.05) is 13.0 Å². The van der Waals surface area contributed by atoms with Crippen LogP contribution in [0.2, 0.25) is 0 Å². The first-order chi connectivity index (χ1) is 7.22. The number of rotatable bonds is 6. The van der Waals surface area contributed by atoms with Crippen molar-refractivity contribution >= 4 is 5.91 Å². The molecule has 2 atom stereocenters. The summed E-state index contributed by atoms with van der Waals surface area (Å²) < 4.78 is 0. The van der Waals surface area contributed by atoms with Crippen molar-refractivity contribution in [1.82, 2.24) is 10.6 Å². The summed E-state index contributed by atoms with van der Waals surface area (Å²) >= 11 is 0. The molecule has 0 aromatic rings. The lowest BCUT2D eigenvalue weighted by molar-refractivity contribution is -0.121. The summed E-state index contributed by atoms with van der Waals surface area (Å²) in [6.07, 6.45) is 4.10. The normalized spacial score (nSPS) is 22.7. The Kier molecular flexibility index (Phi) is 5.69. The third-order valence-electron chi connectivity index (χ3n) is 3.29. The largest absolute Gasteiger partial charge is 0.356 e. The van der Waals surface area contributed by atoms with E-state index >= 15 is 0 Å². The molecule has 0 aromatic carbocycles. The standard InChI is InChI=1S/C12H24N2O/c1-3-10(2)8-14-12(15)5-4-11-6-7-13-9-11/h10-11,13H,3-9H2,1-2H3,(H,14,15). The fourth-order valence-electron chi connectivity index (χ4n) is 1.82. The minimum atomic E-state index is 0.224. The summed E-state index contributed by atoms with van der Waals surface area (Å²) in [5.74, 6) is 1.55. The van der Waals surface area contributed by atoms with Crippen molar-refractivity contribution in [3.05, 3.63) is 0 Å². The van der Waals surface area contributed by atoms with Crippen LogP contribution in [0.25, 0.3) is 0 Å². The first-order valence-corrected chi connectivity index (χ1v) is 6.19. The molecular weight excluding hydrogens is 188 g/mol. The van der Waals surface area contributed by atoms with Gasteiger partial charge in [-0.25, -0.2) is 0 Å². The fraction of sp³-hybridized carbons (Fsp3) is 0.917. The van der Waals surface area contributed by atoms with Gasteiger partial charge in [0.15, 0.2) is 0 Å². The van der Waals surface area contributed by atoms with E-state index in [4.69, 9.17) is 0 Å². The number of nitrogens with one attached hydrogen (secondary N) is 2. The van der Waals surface area contributed by atoms with E-state index in [-0.39, 0.29) is 5.91 Å². The zero-order valence-electron chi connectivity index (χ0n) is 10.0. The quantitative estimate of drug-likeness (QED) is 0.701. The van der Waals surface area contributed by atoms with Crippen molar-refractivity contribution in [2.24, 2.45) is 11.8 Å². The van der Waals surface area contributed by atoms with Gasteiger partial charge in [-0.05, 0) is 37.8 Å². The van der Waals surface area contributed by atoms with Crippen LogP contribution in [-0.2, 0) is 4.79 Å². The Hall–Kier alpha value is -0.570. The highest BCUT2D eigenvalue weighted by Crippen LogP contribution is 2.13. The first-order valence-electron chi connectivity index (χ1n) is 6.19. The van der Waals surface area contributed by atoms with Crippen LogP contribution in [0.1, 0.15) is 39.5 Å². The van der Waals surface area contributed by atoms with Crippen molar-refractivity contribution < 1.29 is 4.79 Å². The summed E-state index contributed by atoms with van der Waals surface area (Å²) in [5.41, 5.74) is 0. The Bertz CT molecular complexity index is 188. The molecule has 15 heavy (non-hydrogen) atoms. The third kappa shape index (κ3) is 5.17. The molecule has 1 amide bonds. The second kappa shape index (κ2) is 6.83. The Morgan fingerprint density at radius 1 is 1.60 bits per heavy atom. The zero-order valence-corrected chi connectivity index (χ0v) is 10.0. The van der Waals surface area contributed by atoms with Crippen LogP contribution in [0.3, 0.4) is 0 Å².